The predicted molar refractivity (Wildman–Crippen MR) is 150 cm³/mol. The van der Waals surface area contributed by atoms with Gasteiger partial charge in [-0.1, -0.05) is 13.8 Å². The van der Waals surface area contributed by atoms with Gasteiger partial charge in [0.2, 0.25) is 5.91 Å². The maximum Gasteiger partial charge on any atom is 0.251 e. The second-order valence-corrected chi connectivity index (χ2v) is 13.0. The first-order chi connectivity index (χ1) is 17.9. The van der Waals surface area contributed by atoms with Crippen molar-refractivity contribution in [1.29, 1.82) is 0 Å². The molecule has 212 valence electrons. The molecule has 2 saturated carbocycles. The molecule has 8 nitrogen and oxygen atoms in total. The first-order valence-corrected chi connectivity index (χ1v) is 14.3. The second-order valence-electron chi connectivity index (χ2n) is 13.0. The van der Waals surface area contributed by atoms with Crippen molar-refractivity contribution in [2.75, 3.05) is 58.4 Å². The number of hydrogen-bond acceptors (Lipinski definition) is 6. The van der Waals surface area contributed by atoms with Crippen LogP contribution in [0.3, 0.4) is 0 Å². The van der Waals surface area contributed by atoms with Crippen LogP contribution in [0.2, 0.25) is 0 Å². The lowest BCUT2D eigenvalue weighted by Crippen LogP contribution is -2.52. The summed E-state index contributed by atoms with van der Waals surface area (Å²) in [6.07, 6.45) is 4.17. The molecule has 2 aliphatic carbocycles. The molecular weight excluding hydrogens is 480 g/mol. The Kier molecular flexibility index (Phi) is 8.75. The fourth-order valence-corrected chi connectivity index (χ4v) is 7.20. The zero-order valence-electron chi connectivity index (χ0n) is 24.0. The normalized spacial score (nSPS) is 30.9. The zero-order valence-corrected chi connectivity index (χ0v) is 24.0. The van der Waals surface area contributed by atoms with Crippen LogP contribution in [-0.2, 0) is 9.53 Å². The van der Waals surface area contributed by atoms with Crippen LogP contribution >= 0.6 is 0 Å². The van der Waals surface area contributed by atoms with Crippen molar-refractivity contribution >= 4 is 17.5 Å². The predicted octanol–water partition coefficient (Wildman–Crippen LogP) is 3.05. The number of benzene rings is 1. The van der Waals surface area contributed by atoms with Gasteiger partial charge in [0.05, 0.1) is 18.8 Å². The van der Waals surface area contributed by atoms with Crippen LogP contribution < -0.4 is 15.5 Å². The molecule has 4 atom stereocenters. The molecule has 38 heavy (non-hydrogen) atoms. The molecule has 1 aromatic rings. The Morgan fingerprint density at radius 1 is 1.08 bits per heavy atom. The third kappa shape index (κ3) is 6.52. The molecule has 3 fully saturated rings. The molecule has 3 N–H and O–H groups in total. The Morgan fingerprint density at radius 3 is 2.42 bits per heavy atom. The number of hydrogen-bond donors (Lipinski definition) is 3. The topological polar surface area (TPSA) is 94.1 Å². The summed E-state index contributed by atoms with van der Waals surface area (Å²) < 4.78 is 5.41. The largest absolute Gasteiger partial charge is 0.390 e. The highest BCUT2D eigenvalue weighted by Crippen LogP contribution is 2.63. The van der Waals surface area contributed by atoms with E-state index in [-0.39, 0.29) is 34.6 Å². The number of ether oxygens (including phenoxy) is 1. The smallest absolute Gasteiger partial charge is 0.251 e. The Bertz CT molecular complexity index is 971. The highest BCUT2D eigenvalue weighted by Gasteiger charge is 2.61. The molecule has 0 unspecified atom stereocenters. The summed E-state index contributed by atoms with van der Waals surface area (Å²) in [5.41, 5.74) is 0.716. The molecule has 1 heterocycles. The monoisotopic (exact) mass is 528 g/mol. The van der Waals surface area contributed by atoms with Gasteiger partial charge < -0.3 is 25.4 Å². The third-order valence-corrected chi connectivity index (χ3v) is 9.46. The van der Waals surface area contributed by atoms with Crippen LogP contribution in [0.25, 0.3) is 0 Å². The van der Waals surface area contributed by atoms with Gasteiger partial charge in [0, 0.05) is 64.0 Å². The molecule has 0 radical (unpaired) electrons. The van der Waals surface area contributed by atoms with Crippen molar-refractivity contribution < 1.29 is 19.4 Å². The van der Waals surface area contributed by atoms with Gasteiger partial charge in [-0.2, -0.15) is 0 Å². The number of anilines is 1. The van der Waals surface area contributed by atoms with E-state index in [0.717, 1.165) is 51.4 Å². The molecule has 8 heteroatoms. The van der Waals surface area contributed by atoms with Gasteiger partial charge in [0.15, 0.2) is 0 Å². The Balaban J connectivity index is 1.45. The van der Waals surface area contributed by atoms with Crippen LogP contribution in [0.15, 0.2) is 24.3 Å². The lowest BCUT2D eigenvalue weighted by molar-refractivity contribution is -0.123. The molecule has 0 aromatic heterocycles. The molecule has 4 rings (SSSR count). The lowest BCUT2D eigenvalue weighted by atomic mass is 9.57. The number of carbonyl (C=O) groups excluding carboxylic acids is 2. The fraction of sp³-hybridized carbons (Fsp3) is 0.733. The van der Waals surface area contributed by atoms with Gasteiger partial charge in [-0.3, -0.25) is 14.5 Å². The SMILES string of the molecule is CN(C)c1ccc(C(=O)N[C@H]2CC(C)(C)[C@@H]3C[C@@](C)(O)CC[C@]23CCC(=O)NCCN2CCOCC2)cc1. The van der Waals surface area contributed by atoms with E-state index in [1.54, 1.807) is 0 Å². The van der Waals surface area contributed by atoms with Crippen LogP contribution in [0.1, 0.15) is 69.7 Å². The summed E-state index contributed by atoms with van der Waals surface area (Å²) in [6.45, 7) is 11.3. The maximum atomic E-state index is 13.4. The third-order valence-electron chi connectivity index (χ3n) is 9.46. The average Bonchev–Trinajstić information content (AvgIpc) is 3.08. The standard InChI is InChI=1S/C30H48N4O4/c1-28(2)21-25(32-27(36)22-6-8-23(9-7-22)33(4)5)30(13-12-29(3,37)20-24(28)30)11-10-26(35)31-14-15-34-16-18-38-19-17-34/h6-9,24-25,37H,10-21H2,1-5H3,(H,31,35)(H,32,36)/t24-,25-,29-,30-/m0/s1. The fourth-order valence-electron chi connectivity index (χ4n) is 7.20. The quantitative estimate of drug-likeness (QED) is 0.456. The number of aliphatic hydroxyl groups is 1. The van der Waals surface area contributed by atoms with Gasteiger partial charge >= 0.3 is 0 Å². The van der Waals surface area contributed by atoms with E-state index < -0.39 is 5.60 Å². The molecule has 1 saturated heterocycles. The van der Waals surface area contributed by atoms with E-state index in [1.165, 1.54) is 0 Å². The molecule has 0 spiro atoms. The number of morpholine rings is 1. The van der Waals surface area contributed by atoms with Crippen molar-refractivity contribution in [1.82, 2.24) is 15.5 Å². The van der Waals surface area contributed by atoms with Gasteiger partial charge in [0.25, 0.3) is 5.91 Å². The summed E-state index contributed by atoms with van der Waals surface area (Å²) in [6, 6.07) is 7.64. The van der Waals surface area contributed by atoms with Crippen LogP contribution in [0.4, 0.5) is 5.69 Å². The highest BCUT2D eigenvalue weighted by atomic mass is 16.5. The summed E-state index contributed by atoms with van der Waals surface area (Å²) in [4.78, 5) is 30.7. The Labute approximate surface area is 228 Å². The van der Waals surface area contributed by atoms with E-state index in [9.17, 15) is 14.7 Å². The van der Waals surface area contributed by atoms with Crippen LogP contribution in [-0.4, -0.2) is 87.0 Å². The van der Waals surface area contributed by atoms with Crippen molar-refractivity contribution in [2.45, 2.75) is 70.9 Å². The Hall–Kier alpha value is -2.16. The number of nitrogens with zero attached hydrogens (tertiary/aromatic N) is 2. The second kappa shape index (κ2) is 11.5. The van der Waals surface area contributed by atoms with E-state index in [0.29, 0.717) is 37.8 Å². The van der Waals surface area contributed by atoms with E-state index in [1.807, 2.05) is 50.2 Å². The summed E-state index contributed by atoms with van der Waals surface area (Å²) in [5, 5.41) is 17.5. The minimum atomic E-state index is -0.716. The molecule has 2 amide bonds. The number of fused-ring (bicyclic) bond motifs is 1. The van der Waals surface area contributed by atoms with Crippen LogP contribution in [0, 0.1) is 16.7 Å². The maximum absolute atomic E-state index is 13.4. The minimum absolute atomic E-state index is 0.0409. The van der Waals surface area contributed by atoms with E-state index in [2.05, 4.69) is 29.4 Å². The van der Waals surface area contributed by atoms with Gasteiger partial charge in [0.1, 0.15) is 0 Å². The number of carbonyl (C=O) groups is 2. The minimum Gasteiger partial charge on any atom is -0.390 e. The number of amides is 2. The summed E-state index contributed by atoms with van der Waals surface area (Å²) >= 11 is 0. The highest BCUT2D eigenvalue weighted by molar-refractivity contribution is 5.94. The van der Waals surface area contributed by atoms with Gasteiger partial charge in [-0.05, 0) is 80.0 Å². The lowest BCUT2D eigenvalue weighted by Gasteiger charge is -2.50. The van der Waals surface area contributed by atoms with Crippen molar-refractivity contribution in [3.63, 3.8) is 0 Å². The number of nitrogens with one attached hydrogen (secondary N) is 2. The van der Waals surface area contributed by atoms with Crippen molar-refractivity contribution in [3.8, 4) is 0 Å². The number of rotatable bonds is 9. The molecule has 0 bridgehead atoms. The van der Waals surface area contributed by atoms with Crippen molar-refractivity contribution in [2.24, 2.45) is 16.7 Å². The average molecular weight is 529 g/mol. The summed E-state index contributed by atoms with van der Waals surface area (Å²) in [5.74, 6) is 0.225. The van der Waals surface area contributed by atoms with E-state index >= 15 is 0 Å². The zero-order chi connectivity index (χ0) is 27.6. The summed E-state index contributed by atoms with van der Waals surface area (Å²) in [7, 11) is 3.97. The van der Waals surface area contributed by atoms with Gasteiger partial charge in [-0.15, -0.1) is 0 Å². The van der Waals surface area contributed by atoms with Crippen molar-refractivity contribution in [3.05, 3.63) is 29.8 Å². The molecular formula is C30H48N4O4. The van der Waals surface area contributed by atoms with E-state index in [4.69, 9.17) is 4.74 Å². The Morgan fingerprint density at radius 2 is 1.76 bits per heavy atom. The van der Waals surface area contributed by atoms with Gasteiger partial charge in [-0.25, -0.2) is 0 Å². The first-order valence-electron chi connectivity index (χ1n) is 14.3. The van der Waals surface area contributed by atoms with Crippen LogP contribution in [0.5, 0.6) is 0 Å². The first kappa shape index (κ1) is 28.8. The molecule has 3 aliphatic rings. The molecule has 1 aliphatic heterocycles. The molecule has 1 aromatic carbocycles.